The summed E-state index contributed by atoms with van der Waals surface area (Å²) in [5.41, 5.74) is 0. The number of ether oxygens (including phenoxy) is 1. The summed E-state index contributed by atoms with van der Waals surface area (Å²) in [6.45, 7) is 4.77. The van der Waals surface area contributed by atoms with Gasteiger partial charge >= 0.3 is 5.97 Å². The molecule has 0 aliphatic heterocycles. The molecule has 96 valence electrons. The molecule has 0 amide bonds. The first kappa shape index (κ1) is 15.3. The molecule has 6 nitrogen and oxygen atoms in total. The van der Waals surface area contributed by atoms with Gasteiger partial charge in [0.05, 0.1) is 11.9 Å². The number of methoxy groups -OCH3 is 1. The van der Waals surface area contributed by atoms with Crippen molar-refractivity contribution in [1.82, 2.24) is 4.72 Å². The topological polar surface area (TPSA) is 92.7 Å². The smallest absolute Gasteiger partial charge is 0.321 e. The average Bonchev–Trinajstić information content (AvgIpc) is 2.13. The first-order chi connectivity index (χ1) is 7.22. The standard InChI is InChI=1S/C9H19NO5S/c1-6(2)8(9(11)12)10-16(13,14)7(3)5-15-4/h6-8,10H,5H2,1-4H3,(H,11,12). The highest BCUT2D eigenvalue weighted by molar-refractivity contribution is 7.90. The molecule has 0 bridgehead atoms. The van der Waals surface area contributed by atoms with Crippen molar-refractivity contribution in [2.24, 2.45) is 5.92 Å². The minimum absolute atomic E-state index is 0.0275. The van der Waals surface area contributed by atoms with Gasteiger partial charge in [0.2, 0.25) is 10.0 Å². The van der Waals surface area contributed by atoms with Crippen molar-refractivity contribution in [2.75, 3.05) is 13.7 Å². The van der Waals surface area contributed by atoms with Crippen LogP contribution in [0.4, 0.5) is 0 Å². The summed E-state index contributed by atoms with van der Waals surface area (Å²) in [6, 6.07) is -1.11. The van der Waals surface area contributed by atoms with Gasteiger partial charge in [-0.2, -0.15) is 0 Å². The predicted molar refractivity (Wildman–Crippen MR) is 59.7 cm³/mol. The maximum atomic E-state index is 11.7. The van der Waals surface area contributed by atoms with E-state index in [0.29, 0.717) is 0 Å². The van der Waals surface area contributed by atoms with Crippen LogP contribution >= 0.6 is 0 Å². The summed E-state index contributed by atoms with van der Waals surface area (Å²) < 4.78 is 30.3. The molecule has 2 atom stereocenters. The number of aliphatic carboxylic acids is 1. The summed E-state index contributed by atoms with van der Waals surface area (Å²) in [7, 11) is -2.28. The largest absolute Gasteiger partial charge is 0.480 e. The molecule has 0 aromatic rings. The van der Waals surface area contributed by atoms with Crippen LogP contribution in [-0.2, 0) is 19.6 Å². The van der Waals surface area contributed by atoms with Crippen LogP contribution in [0.1, 0.15) is 20.8 Å². The molecule has 0 heterocycles. The monoisotopic (exact) mass is 253 g/mol. The highest BCUT2D eigenvalue weighted by Gasteiger charge is 2.30. The number of carboxylic acids is 1. The first-order valence-electron chi connectivity index (χ1n) is 4.95. The van der Waals surface area contributed by atoms with Crippen LogP contribution in [-0.4, -0.2) is 44.5 Å². The molecule has 0 saturated heterocycles. The molecule has 0 fully saturated rings. The normalized spacial score (nSPS) is 16.1. The zero-order valence-electron chi connectivity index (χ0n) is 9.93. The number of sulfonamides is 1. The second-order valence-corrected chi connectivity index (χ2v) is 6.12. The number of carboxylic acid groups (broad SMARTS) is 1. The average molecular weight is 253 g/mol. The van der Waals surface area contributed by atoms with Crippen molar-refractivity contribution in [3.8, 4) is 0 Å². The van der Waals surface area contributed by atoms with Gasteiger partial charge in [-0.3, -0.25) is 4.79 Å². The van der Waals surface area contributed by atoms with Crippen LogP contribution < -0.4 is 4.72 Å². The van der Waals surface area contributed by atoms with Gasteiger partial charge in [-0.15, -0.1) is 0 Å². The number of carbonyl (C=O) groups is 1. The van der Waals surface area contributed by atoms with Crippen molar-refractivity contribution in [2.45, 2.75) is 32.1 Å². The van der Waals surface area contributed by atoms with Gasteiger partial charge in [0.1, 0.15) is 6.04 Å². The van der Waals surface area contributed by atoms with Crippen LogP contribution in [0, 0.1) is 5.92 Å². The number of nitrogens with one attached hydrogen (secondary N) is 1. The van der Waals surface area contributed by atoms with E-state index in [4.69, 9.17) is 9.84 Å². The number of hydrogen-bond donors (Lipinski definition) is 2. The van der Waals surface area contributed by atoms with Crippen LogP contribution in [0.5, 0.6) is 0 Å². The Morgan fingerprint density at radius 1 is 1.38 bits per heavy atom. The van der Waals surface area contributed by atoms with E-state index in [2.05, 4.69) is 4.72 Å². The molecule has 0 aliphatic rings. The van der Waals surface area contributed by atoms with E-state index in [1.165, 1.54) is 14.0 Å². The van der Waals surface area contributed by atoms with Crippen LogP contribution in [0.15, 0.2) is 0 Å². The van der Waals surface area contributed by atoms with E-state index in [0.717, 1.165) is 0 Å². The van der Waals surface area contributed by atoms with Gasteiger partial charge in [-0.1, -0.05) is 13.8 Å². The van der Waals surface area contributed by atoms with Crippen LogP contribution in [0.25, 0.3) is 0 Å². The van der Waals surface area contributed by atoms with E-state index >= 15 is 0 Å². The second-order valence-electron chi connectivity index (χ2n) is 3.99. The third-order valence-corrected chi connectivity index (χ3v) is 3.93. The summed E-state index contributed by atoms with van der Waals surface area (Å²) >= 11 is 0. The fourth-order valence-corrected chi connectivity index (χ4v) is 2.36. The lowest BCUT2D eigenvalue weighted by molar-refractivity contribution is -0.140. The predicted octanol–water partition coefficient (Wildman–Crippen LogP) is 0.0499. The molecular weight excluding hydrogens is 234 g/mol. The molecule has 0 saturated carbocycles. The van der Waals surface area contributed by atoms with E-state index in [1.54, 1.807) is 13.8 Å². The van der Waals surface area contributed by atoms with E-state index < -0.39 is 27.3 Å². The number of rotatable bonds is 7. The zero-order chi connectivity index (χ0) is 12.9. The highest BCUT2D eigenvalue weighted by atomic mass is 32.2. The molecule has 0 radical (unpaired) electrons. The van der Waals surface area contributed by atoms with Crippen molar-refractivity contribution >= 4 is 16.0 Å². The minimum atomic E-state index is -3.67. The van der Waals surface area contributed by atoms with Crippen molar-refractivity contribution < 1.29 is 23.1 Å². The SMILES string of the molecule is COCC(C)S(=O)(=O)NC(C(=O)O)C(C)C. The maximum absolute atomic E-state index is 11.7. The van der Waals surface area contributed by atoms with E-state index in [9.17, 15) is 13.2 Å². The third-order valence-electron chi connectivity index (χ3n) is 2.16. The fraction of sp³-hybridized carbons (Fsp3) is 0.889. The van der Waals surface area contributed by atoms with Gasteiger partial charge in [0, 0.05) is 7.11 Å². The molecule has 0 aromatic heterocycles. The number of hydrogen-bond acceptors (Lipinski definition) is 4. The lowest BCUT2D eigenvalue weighted by atomic mass is 10.1. The van der Waals surface area contributed by atoms with Crippen LogP contribution in [0.3, 0.4) is 0 Å². The van der Waals surface area contributed by atoms with Gasteiger partial charge in [0.15, 0.2) is 0 Å². The summed E-state index contributed by atoms with van der Waals surface area (Å²) in [4.78, 5) is 10.8. The second kappa shape index (κ2) is 6.17. The van der Waals surface area contributed by atoms with Gasteiger partial charge in [-0.25, -0.2) is 13.1 Å². The Kier molecular flexibility index (Phi) is 5.91. The van der Waals surface area contributed by atoms with Crippen molar-refractivity contribution in [3.05, 3.63) is 0 Å². The maximum Gasteiger partial charge on any atom is 0.321 e. The van der Waals surface area contributed by atoms with E-state index in [-0.39, 0.29) is 12.5 Å². The van der Waals surface area contributed by atoms with Crippen molar-refractivity contribution in [3.63, 3.8) is 0 Å². The molecule has 0 aromatic carbocycles. The summed E-state index contributed by atoms with van der Waals surface area (Å²) in [6.07, 6.45) is 0. The molecule has 0 aliphatic carbocycles. The molecule has 0 rings (SSSR count). The molecular formula is C9H19NO5S. The molecule has 2 N–H and O–H groups in total. The minimum Gasteiger partial charge on any atom is -0.480 e. The van der Waals surface area contributed by atoms with Gasteiger partial charge in [0.25, 0.3) is 0 Å². The fourth-order valence-electron chi connectivity index (χ4n) is 1.09. The Labute approximate surface area is 96.0 Å². The molecule has 2 unspecified atom stereocenters. The Morgan fingerprint density at radius 3 is 2.19 bits per heavy atom. The third kappa shape index (κ3) is 4.46. The van der Waals surface area contributed by atoms with Gasteiger partial charge < -0.3 is 9.84 Å². The quantitative estimate of drug-likeness (QED) is 0.668. The molecule has 16 heavy (non-hydrogen) atoms. The zero-order valence-corrected chi connectivity index (χ0v) is 10.7. The highest BCUT2D eigenvalue weighted by Crippen LogP contribution is 2.07. The van der Waals surface area contributed by atoms with E-state index in [1.807, 2.05) is 0 Å². The Morgan fingerprint density at radius 2 is 1.88 bits per heavy atom. The molecule has 0 spiro atoms. The Bertz CT molecular complexity index is 325. The Hall–Kier alpha value is -0.660. The summed E-state index contributed by atoms with van der Waals surface area (Å²) in [5, 5.41) is 8.08. The van der Waals surface area contributed by atoms with Gasteiger partial charge in [-0.05, 0) is 12.8 Å². The molecule has 7 heteroatoms. The first-order valence-corrected chi connectivity index (χ1v) is 6.50. The van der Waals surface area contributed by atoms with Crippen LogP contribution in [0.2, 0.25) is 0 Å². The Balaban J connectivity index is 4.73. The van der Waals surface area contributed by atoms with Crippen molar-refractivity contribution in [1.29, 1.82) is 0 Å². The lowest BCUT2D eigenvalue weighted by Gasteiger charge is -2.20. The lowest BCUT2D eigenvalue weighted by Crippen LogP contribution is -2.48. The summed E-state index contributed by atoms with van der Waals surface area (Å²) in [5.74, 6) is -1.50.